The van der Waals surface area contributed by atoms with Gasteiger partial charge in [0.1, 0.15) is 18.4 Å². The van der Waals surface area contributed by atoms with Crippen LogP contribution in [0.15, 0.2) is 29.5 Å². The van der Waals surface area contributed by atoms with E-state index >= 15 is 0 Å². The largest absolute Gasteiger partial charge is 0.390 e. The smallest absolute Gasteiger partial charge is 0.233 e. The second kappa shape index (κ2) is 7.26. The maximum Gasteiger partial charge on any atom is 0.233 e. The van der Waals surface area contributed by atoms with Crippen LogP contribution in [-0.4, -0.2) is 53.9 Å². The third-order valence-corrected chi connectivity index (χ3v) is 4.33. The topological polar surface area (TPSA) is 102 Å². The second-order valence-electron chi connectivity index (χ2n) is 6.01. The van der Waals surface area contributed by atoms with Gasteiger partial charge in [-0.05, 0) is 44.8 Å². The van der Waals surface area contributed by atoms with Crippen LogP contribution in [0.4, 0.5) is 0 Å². The fourth-order valence-corrected chi connectivity index (χ4v) is 3.34. The molecule has 1 aliphatic rings. The number of amidine groups is 1. The molecule has 0 saturated carbocycles. The van der Waals surface area contributed by atoms with Crippen molar-refractivity contribution in [2.75, 3.05) is 19.5 Å². The fraction of sp³-hybridized carbons (Fsp3) is 0.643. The molecule has 0 amide bonds. The minimum absolute atomic E-state index is 0.0201. The Morgan fingerprint density at radius 3 is 2.73 bits per heavy atom. The lowest BCUT2D eigenvalue weighted by Gasteiger charge is -2.34. The van der Waals surface area contributed by atoms with Crippen molar-refractivity contribution in [1.82, 2.24) is 9.62 Å². The molecule has 0 aromatic rings. The van der Waals surface area contributed by atoms with Gasteiger partial charge in [0.15, 0.2) is 0 Å². The summed E-state index contributed by atoms with van der Waals surface area (Å²) in [6.07, 6.45) is 5.37. The van der Waals surface area contributed by atoms with Crippen LogP contribution in [0.3, 0.4) is 0 Å². The van der Waals surface area contributed by atoms with Gasteiger partial charge >= 0.3 is 0 Å². The van der Waals surface area contributed by atoms with Gasteiger partial charge < -0.3 is 15.5 Å². The third kappa shape index (κ3) is 5.78. The molecule has 0 unspecified atom stereocenters. The highest BCUT2D eigenvalue weighted by Crippen LogP contribution is 2.28. The van der Waals surface area contributed by atoms with Crippen molar-refractivity contribution < 1.29 is 18.6 Å². The van der Waals surface area contributed by atoms with Crippen molar-refractivity contribution in [3.63, 3.8) is 0 Å². The van der Waals surface area contributed by atoms with Crippen LogP contribution in [0.1, 0.15) is 26.7 Å². The molecular weight excluding hydrogens is 306 g/mol. The molecule has 0 spiro atoms. The minimum atomic E-state index is -3.48. The molecule has 0 aromatic heterocycles. The Morgan fingerprint density at radius 1 is 1.64 bits per heavy atom. The summed E-state index contributed by atoms with van der Waals surface area (Å²) >= 11 is 0. The molecule has 22 heavy (non-hydrogen) atoms. The highest BCUT2D eigenvalue weighted by atomic mass is 32.2. The molecule has 0 aromatic carbocycles. The molecule has 0 fully saturated rings. The number of rotatable bonds is 6. The molecule has 8 heteroatoms. The van der Waals surface area contributed by atoms with Crippen molar-refractivity contribution in [1.29, 1.82) is 0 Å². The highest BCUT2D eigenvalue weighted by molar-refractivity contribution is 7.88. The van der Waals surface area contributed by atoms with Gasteiger partial charge in [0, 0.05) is 6.54 Å². The van der Waals surface area contributed by atoms with Crippen molar-refractivity contribution in [3.05, 3.63) is 24.6 Å². The molecule has 1 atom stereocenters. The van der Waals surface area contributed by atoms with Gasteiger partial charge in [-0.3, -0.25) is 4.31 Å². The van der Waals surface area contributed by atoms with E-state index in [4.69, 9.17) is 5.11 Å². The first-order chi connectivity index (χ1) is 10.1. The normalized spacial score (nSPS) is 20.6. The van der Waals surface area contributed by atoms with E-state index in [1.807, 2.05) is 0 Å². The first-order valence-electron chi connectivity index (χ1n) is 7.03. The maximum atomic E-state index is 12.0. The van der Waals surface area contributed by atoms with Crippen LogP contribution in [0.2, 0.25) is 0 Å². The molecule has 0 radical (unpaired) electrons. The van der Waals surface area contributed by atoms with Gasteiger partial charge in [0.2, 0.25) is 10.0 Å². The number of hydrogen-bond donors (Lipinski definition) is 3. The first kappa shape index (κ1) is 18.7. The predicted octanol–water partition coefficient (Wildman–Crippen LogP) is 0.394. The van der Waals surface area contributed by atoms with E-state index in [2.05, 4.69) is 16.9 Å². The van der Waals surface area contributed by atoms with E-state index in [1.54, 1.807) is 19.9 Å². The van der Waals surface area contributed by atoms with Crippen LogP contribution in [0.5, 0.6) is 0 Å². The summed E-state index contributed by atoms with van der Waals surface area (Å²) in [6, 6.07) is 0. The van der Waals surface area contributed by atoms with Gasteiger partial charge in [-0.25, -0.2) is 13.4 Å². The summed E-state index contributed by atoms with van der Waals surface area (Å²) in [5.74, 6) is 0.611. The lowest BCUT2D eigenvalue weighted by Crippen LogP contribution is -2.39. The minimum Gasteiger partial charge on any atom is -0.390 e. The molecule has 3 N–H and O–H groups in total. The standard InChI is InChI=1S/C14H25N3O4S/c1-5-12(15-10-18)16-13-7-6-11(8-14(2,3)19)9-17(13)22(4,20)21/h5,7,11,18-19H,1,6,8-10H2,2-4H3,(H,15,16)/t11-/m0/s1. The Kier molecular flexibility index (Phi) is 6.16. The molecule has 1 aliphatic heterocycles. The molecule has 126 valence electrons. The number of sulfonamides is 1. The molecule has 0 bridgehead atoms. The Labute approximate surface area is 132 Å². The molecule has 7 nitrogen and oxygen atoms in total. The SMILES string of the molecule is C=C/C(=N\C1=CC[C@@H](CC(C)(C)O)CN1S(C)(=O)=O)NCO. The van der Waals surface area contributed by atoms with E-state index in [0.29, 0.717) is 24.5 Å². The summed E-state index contributed by atoms with van der Waals surface area (Å²) in [5, 5.41) is 21.4. The number of hydrogen-bond acceptors (Lipinski definition) is 5. The third-order valence-electron chi connectivity index (χ3n) is 3.19. The summed E-state index contributed by atoms with van der Waals surface area (Å²) in [6.45, 7) is 6.92. The number of nitrogens with one attached hydrogen (secondary N) is 1. The Balaban J connectivity index is 3.07. The zero-order valence-corrected chi connectivity index (χ0v) is 14.1. The number of aliphatic imine (C=N–C) groups is 1. The zero-order valence-electron chi connectivity index (χ0n) is 13.3. The average molecular weight is 331 g/mol. The number of aliphatic hydroxyl groups is 2. The molecule has 1 rings (SSSR count). The lowest BCUT2D eigenvalue weighted by atomic mass is 9.89. The number of allylic oxidation sites excluding steroid dienone is 1. The Morgan fingerprint density at radius 2 is 2.27 bits per heavy atom. The summed E-state index contributed by atoms with van der Waals surface area (Å²) in [4.78, 5) is 4.20. The second-order valence-corrected chi connectivity index (χ2v) is 7.92. The monoisotopic (exact) mass is 331 g/mol. The Hall–Kier alpha value is -1.38. The maximum absolute atomic E-state index is 12.0. The van der Waals surface area contributed by atoms with Crippen LogP contribution in [0, 0.1) is 5.92 Å². The van der Waals surface area contributed by atoms with E-state index in [1.165, 1.54) is 10.4 Å². The van der Waals surface area contributed by atoms with Gasteiger partial charge in [0.05, 0.1) is 11.9 Å². The number of aliphatic hydroxyl groups excluding tert-OH is 1. The van der Waals surface area contributed by atoms with Crippen molar-refractivity contribution in [3.8, 4) is 0 Å². The van der Waals surface area contributed by atoms with E-state index in [-0.39, 0.29) is 19.2 Å². The average Bonchev–Trinajstić information content (AvgIpc) is 2.36. The van der Waals surface area contributed by atoms with Crippen molar-refractivity contribution >= 4 is 15.9 Å². The van der Waals surface area contributed by atoms with Crippen LogP contribution < -0.4 is 5.32 Å². The summed E-state index contributed by atoms with van der Waals surface area (Å²) in [5.41, 5.74) is -0.854. The molecule has 0 aliphatic carbocycles. The van der Waals surface area contributed by atoms with Gasteiger partial charge in [-0.15, -0.1) is 0 Å². The van der Waals surface area contributed by atoms with Gasteiger partial charge in [0.25, 0.3) is 0 Å². The highest BCUT2D eigenvalue weighted by Gasteiger charge is 2.30. The zero-order chi connectivity index (χ0) is 17.0. The van der Waals surface area contributed by atoms with Crippen molar-refractivity contribution in [2.45, 2.75) is 32.3 Å². The van der Waals surface area contributed by atoms with Gasteiger partial charge in [-0.2, -0.15) is 0 Å². The molecular formula is C14H25N3O4S. The van der Waals surface area contributed by atoms with Crippen LogP contribution in [-0.2, 0) is 10.0 Å². The first-order valence-corrected chi connectivity index (χ1v) is 8.88. The Bertz CT molecular complexity index is 561. The quantitative estimate of drug-likeness (QED) is 0.371. The van der Waals surface area contributed by atoms with Crippen LogP contribution >= 0.6 is 0 Å². The van der Waals surface area contributed by atoms with E-state index < -0.39 is 15.6 Å². The molecule has 1 heterocycles. The lowest BCUT2D eigenvalue weighted by molar-refractivity contribution is 0.0492. The fourth-order valence-electron chi connectivity index (χ4n) is 2.40. The van der Waals surface area contributed by atoms with E-state index in [0.717, 1.165) is 6.26 Å². The number of nitrogens with zero attached hydrogens (tertiary/aromatic N) is 2. The van der Waals surface area contributed by atoms with E-state index in [9.17, 15) is 13.5 Å². The molecule has 0 saturated heterocycles. The van der Waals surface area contributed by atoms with Crippen LogP contribution in [0.25, 0.3) is 0 Å². The predicted molar refractivity (Wildman–Crippen MR) is 86.5 cm³/mol. The summed E-state index contributed by atoms with van der Waals surface area (Å²) in [7, 11) is -3.48. The summed E-state index contributed by atoms with van der Waals surface area (Å²) < 4.78 is 25.2. The van der Waals surface area contributed by atoms with Crippen molar-refractivity contribution in [2.24, 2.45) is 10.9 Å². The van der Waals surface area contributed by atoms with Gasteiger partial charge in [-0.1, -0.05) is 6.58 Å².